The maximum absolute atomic E-state index is 13.4. The van der Waals surface area contributed by atoms with Gasteiger partial charge >= 0.3 is 0 Å². The normalized spacial score (nSPS) is 14.5. The Morgan fingerprint density at radius 1 is 0.931 bits per heavy atom. The molecule has 1 saturated heterocycles. The van der Waals surface area contributed by atoms with Gasteiger partial charge in [-0.1, -0.05) is 6.07 Å². The van der Waals surface area contributed by atoms with Gasteiger partial charge in [0.1, 0.15) is 5.82 Å². The molecule has 29 heavy (non-hydrogen) atoms. The minimum Gasteiger partial charge on any atom is -0.368 e. The molecule has 0 bridgehead atoms. The summed E-state index contributed by atoms with van der Waals surface area (Å²) in [5.74, 6) is -0.247. The van der Waals surface area contributed by atoms with Gasteiger partial charge in [-0.2, -0.15) is 0 Å². The van der Waals surface area contributed by atoms with E-state index in [-0.39, 0.29) is 5.82 Å². The molecule has 1 aliphatic heterocycles. The van der Waals surface area contributed by atoms with Crippen LogP contribution >= 0.6 is 0 Å². The molecule has 0 amide bonds. The third-order valence-corrected chi connectivity index (χ3v) is 5.48. The number of pyridine rings is 1. The predicted molar refractivity (Wildman–Crippen MR) is 114 cm³/mol. The van der Waals surface area contributed by atoms with E-state index < -0.39 is 0 Å². The van der Waals surface area contributed by atoms with Crippen LogP contribution in [-0.4, -0.2) is 40.7 Å². The lowest BCUT2D eigenvalue weighted by Gasteiger charge is -2.29. The highest BCUT2D eigenvalue weighted by atomic mass is 19.1. The minimum atomic E-state index is -0.247. The van der Waals surface area contributed by atoms with Crippen molar-refractivity contribution >= 4 is 16.6 Å². The van der Waals surface area contributed by atoms with E-state index in [1.807, 2.05) is 23.9 Å². The van der Waals surface area contributed by atoms with Crippen LogP contribution in [0, 0.1) is 5.82 Å². The van der Waals surface area contributed by atoms with Gasteiger partial charge in [-0.25, -0.2) is 9.37 Å². The molecule has 0 saturated carbocycles. The molecule has 0 atom stereocenters. The molecule has 1 N–H and O–H groups in total. The van der Waals surface area contributed by atoms with Gasteiger partial charge in [0.2, 0.25) is 0 Å². The van der Waals surface area contributed by atoms with E-state index in [1.54, 1.807) is 18.5 Å². The SMILES string of the molecule is Cn1cnc(-c2ccc(F)cc2)c1-c1ccc2ncc(N3CCNCC3)cc2c1. The zero-order valence-electron chi connectivity index (χ0n) is 16.3. The summed E-state index contributed by atoms with van der Waals surface area (Å²) in [5.41, 5.74) is 5.94. The number of aryl methyl sites for hydroxylation is 1. The quantitative estimate of drug-likeness (QED) is 0.580. The Morgan fingerprint density at radius 2 is 1.69 bits per heavy atom. The van der Waals surface area contributed by atoms with Crippen molar-refractivity contribution in [1.29, 1.82) is 0 Å². The van der Waals surface area contributed by atoms with Crippen molar-refractivity contribution in [2.75, 3.05) is 31.1 Å². The number of benzene rings is 2. The van der Waals surface area contributed by atoms with Gasteiger partial charge in [0.15, 0.2) is 0 Å². The summed E-state index contributed by atoms with van der Waals surface area (Å²) in [7, 11) is 1.98. The summed E-state index contributed by atoms with van der Waals surface area (Å²) in [4.78, 5) is 11.6. The number of anilines is 1. The van der Waals surface area contributed by atoms with Gasteiger partial charge in [-0.05, 0) is 42.5 Å². The summed E-state index contributed by atoms with van der Waals surface area (Å²) >= 11 is 0. The molecule has 1 aliphatic rings. The van der Waals surface area contributed by atoms with E-state index in [0.29, 0.717) is 0 Å². The number of nitrogens with one attached hydrogen (secondary N) is 1. The average molecular weight is 387 g/mol. The highest BCUT2D eigenvalue weighted by Crippen LogP contribution is 2.33. The van der Waals surface area contributed by atoms with Gasteiger partial charge in [0, 0.05) is 49.7 Å². The maximum Gasteiger partial charge on any atom is 0.123 e. The first-order valence-electron chi connectivity index (χ1n) is 9.82. The Kier molecular flexibility index (Phi) is 4.48. The minimum absolute atomic E-state index is 0.247. The molecule has 0 radical (unpaired) electrons. The standard InChI is InChI=1S/C23H22FN5/c1-28-15-27-22(16-2-5-19(24)6-3-16)23(28)17-4-7-21-18(12-17)13-20(14-26-21)29-10-8-25-9-11-29/h2-7,12-15,25H,8-11H2,1H3. The van der Waals surface area contributed by atoms with Crippen LogP contribution in [0.5, 0.6) is 0 Å². The van der Waals surface area contributed by atoms with Gasteiger partial charge in [-0.3, -0.25) is 4.98 Å². The molecule has 5 rings (SSSR count). The van der Waals surface area contributed by atoms with Crippen molar-refractivity contribution in [3.8, 4) is 22.5 Å². The Balaban J connectivity index is 1.58. The molecule has 6 heteroatoms. The zero-order valence-corrected chi connectivity index (χ0v) is 16.3. The molecule has 146 valence electrons. The number of aromatic nitrogens is 3. The van der Waals surface area contributed by atoms with Crippen LogP contribution in [0.2, 0.25) is 0 Å². The smallest absolute Gasteiger partial charge is 0.123 e. The van der Waals surface area contributed by atoms with Crippen molar-refractivity contribution < 1.29 is 4.39 Å². The van der Waals surface area contributed by atoms with Crippen LogP contribution in [0.3, 0.4) is 0 Å². The van der Waals surface area contributed by atoms with Gasteiger partial charge in [0.25, 0.3) is 0 Å². The molecule has 0 spiro atoms. The topological polar surface area (TPSA) is 46.0 Å². The summed E-state index contributed by atoms with van der Waals surface area (Å²) in [6.45, 7) is 3.97. The molecule has 2 aromatic heterocycles. The Labute approximate surface area is 168 Å². The van der Waals surface area contributed by atoms with Crippen LogP contribution in [0.4, 0.5) is 10.1 Å². The largest absolute Gasteiger partial charge is 0.368 e. The van der Waals surface area contributed by atoms with Crippen molar-refractivity contribution in [3.05, 3.63) is 66.9 Å². The van der Waals surface area contributed by atoms with Gasteiger partial charge in [-0.15, -0.1) is 0 Å². The molecule has 2 aromatic carbocycles. The van der Waals surface area contributed by atoms with Crippen LogP contribution in [0.25, 0.3) is 33.4 Å². The average Bonchev–Trinajstić information content (AvgIpc) is 3.15. The van der Waals surface area contributed by atoms with E-state index in [0.717, 1.165) is 65.3 Å². The van der Waals surface area contributed by atoms with E-state index in [1.165, 1.54) is 12.1 Å². The maximum atomic E-state index is 13.4. The zero-order chi connectivity index (χ0) is 19.8. The molecular weight excluding hydrogens is 365 g/mol. The Morgan fingerprint density at radius 3 is 2.48 bits per heavy atom. The fraction of sp³-hybridized carbons (Fsp3) is 0.217. The van der Waals surface area contributed by atoms with E-state index in [4.69, 9.17) is 0 Å². The van der Waals surface area contributed by atoms with Crippen LogP contribution in [-0.2, 0) is 7.05 Å². The van der Waals surface area contributed by atoms with E-state index in [2.05, 4.69) is 38.4 Å². The lowest BCUT2D eigenvalue weighted by atomic mass is 10.0. The molecule has 3 heterocycles. The van der Waals surface area contributed by atoms with Crippen LogP contribution in [0.1, 0.15) is 0 Å². The Hall–Kier alpha value is -3.25. The molecule has 0 unspecified atom stereocenters. The van der Waals surface area contributed by atoms with Crippen molar-refractivity contribution in [2.24, 2.45) is 7.05 Å². The van der Waals surface area contributed by atoms with E-state index in [9.17, 15) is 4.39 Å². The number of imidazole rings is 1. The fourth-order valence-corrected chi connectivity index (χ4v) is 3.95. The highest BCUT2D eigenvalue weighted by Gasteiger charge is 2.15. The molecule has 5 nitrogen and oxygen atoms in total. The lowest BCUT2D eigenvalue weighted by molar-refractivity contribution is 0.589. The molecule has 4 aromatic rings. The second-order valence-corrected chi connectivity index (χ2v) is 7.40. The van der Waals surface area contributed by atoms with Crippen LogP contribution < -0.4 is 10.2 Å². The van der Waals surface area contributed by atoms with Crippen molar-refractivity contribution in [1.82, 2.24) is 19.9 Å². The summed E-state index contributed by atoms with van der Waals surface area (Å²) < 4.78 is 15.4. The van der Waals surface area contributed by atoms with Crippen molar-refractivity contribution in [3.63, 3.8) is 0 Å². The second-order valence-electron chi connectivity index (χ2n) is 7.40. The first-order chi connectivity index (χ1) is 14.2. The fourth-order valence-electron chi connectivity index (χ4n) is 3.95. The monoisotopic (exact) mass is 387 g/mol. The van der Waals surface area contributed by atoms with E-state index >= 15 is 0 Å². The van der Waals surface area contributed by atoms with Gasteiger partial charge < -0.3 is 14.8 Å². The molecular formula is C23H22FN5. The number of rotatable bonds is 3. The third kappa shape index (κ3) is 3.36. The molecule has 0 aliphatic carbocycles. The summed E-state index contributed by atoms with van der Waals surface area (Å²) in [6.07, 6.45) is 3.76. The number of hydrogen-bond acceptors (Lipinski definition) is 4. The number of nitrogens with zero attached hydrogens (tertiary/aromatic N) is 4. The first kappa shape index (κ1) is 17.8. The first-order valence-corrected chi connectivity index (χ1v) is 9.82. The van der Waals surface area contributed by atoms with Crippen molar-refractivity contribution in [2.45, 2.75) is 0 Å². The van der Waals surface area contributed by atoms with Crippen LogP contribution in [0.15, 0.2) is 61.1 Å². The summed E-state index contributed by atoms with van der Waals surface area (Å²) in [6, 6.07) is 15.0. The lowest BCUT2D eigenvalue weighted by Crippen LogP contribution is -2.43. The Bertz CT molecular complexity index is 1160. The number of halogens is 1. The number of piperazine rings is 1. The number of fused-ring (bicyclic) bond motifs is 1. The number of hydrogen-bond donors (Lipinski definition) is 1. The van der Waals surface area contributed by atoms with Gasteiger partial charge in [0.05, 0.1) is 35.1 Å². The molecule has 1 fully saturated rings. The summed E-state index contributed by atoms with van der Waals surface area (Å²) in [5, 5.41) is 4.49. The second kappa shape index (κ2) is 7.29. The predicted octanol–water partition coefficient (Wildman–Crippen LogP) is 3.85. The third-order valence-electron chi connectivity index (χ3n) is 5.48. The highest BCUT2D eigenvalue weighted by molar-refractivity contribution is 5.89.